The number of amides is 1. The number of halogens is 1. The molecule has 0 aromatic heterocycles. The molecule has 1 aliphatic heterocycles. The van der Waals surface area contributed by atoms with Gasteiger partial charge in [0.25, 0.3) is 0 Å². The van der Waals surface area contributed by atoms with E-state index in [-0.39, 0.29) is 5.91 Å². The first-order chi connectivity index (χ1) is 8.53. The van der Waals surface area contributed by atoms with Crippen LogP contribution in [0.2, 0.25) is 0 Å². The van der Waals surface area contributed by atoms with Crippen molar-refractivity contribution < 1.29 is 4.79 Å². The van der Waals surface area contributed by atoms with Crippen molar-refractivity contribution in [2.45, 2.75) is 18.4 Å². The molecular weight excluding hydrogens is 294 g/mol. The van der Waals surface area contributed by atoms with Crippen molar-refractivity contribution in [1.29, 1.82) is 0 Å². The van der Waals surface area contributed by atoms with Crippen LogP contribution in [0.3, 0.4) is 0 Å². The number of hydrogen-bond acceptors (Lipinski definition) is 3. The van der Waals surface area contributed by atoms with Crippen LogP contribution in [0.5, 0.6) is 0 Å². The van der Waals surface area contributed by atoms with Crippen LogP contribution in [-0.2, 0) is 4.79 Å². The lowest BCUT2D eigenvalue weighted by atomic mass is 9.86. The second kappa shape index (κ2) is 5.28. The Kier molecular flexibility index (Phi) is 3.92. The average Bonchev–Trinajstić information content (AvgIpc) is 2.35. The number of para-hydroxylation sites is 1. The number of primary amides is 1. The highest BCUT2D eigenvalue weighted by Crippen LogP contribution is 2.30. The number of nitrogens with two attached hydrogens (primary N) is 1. The van der Waals surface area contributed by atoms with Gasteiger partial charge in [0, 0.05) is 23.2 Å². The van der Waals surface area contributed by atoms with E-state index < -0.39 is 5.54 Å². The number of piperidine rings is 1. The minimum absolute atomic E-state index is 0.272. The molecule has 5 heteroatoms. The molecule has 1 aromatic carbocycles. The largest absolute Gasteiger partial charge is 0.370 e. The number of nitrogens with one attached hydrogen (secondary N) is 1. The van der Waals surface area contributed by atoms with E-state index in [1.807, 2.05) is 24.3 Å². The van der Waals surface area contributed by atoms with Crippen LogP contribution in [0.4, 0.5) is 5.69 Å². The number of nitrogens with zero attached hydrogens (tertiary/aromatic N) is 1. The molecule has 0 aliphatic carbocycles. The summed E-state index contributed by atoms with van der Waals surface area (Å²) in [4.78, 5) is 14.0. The lowest BCUT2D eigenvalue weighted by molar-refractivity contribution is -0.123. The number of hydrogen-bond donors (Lipinski definition) is 2. The third kappa shape index (κ3) is 2.67. The van der Waals surface area contributed by atoms with Crippen molar-refractivity contribution in [2.24, 2.45) is 5.73 Å². The quantitative estimate of drug-likeness (QED) is 0.895. The van der Waals surface area contributed by atoms with Gasteiger partial charge in [-0.25, -0.2) is 0 Å². The van der Waals surface area contributed by atoms with Crippen LogP contribution in [0, 0.1) is 0 Å². The molecule has 2 rings (SSSR count). The maximum Gasteiger partial charge on any atom is 0.243 e. The first-order valence-corrected chi connectivity index (χ1v) is 6.84. The highest BCUT2D eigenvalue weighted by atomic mass is 79.9. The Bertz CT molecular complexity index is 442. The highest BCUT2D eigenvalue weighted by Gasteiger charge is 2.39. The normalized spacial score (nSPS) is 19.4. The molecule has 0 unspecified atom stereocenters. The van der Waals surface area contributed by atoms with Crippen molar-refractivity contribution in [3.8, 4) is 0 Å². The van der Waals surface area contributed by atoms with Gasteiger partial charge in [0.2, 0.25) is 5.91 Å². The Hall–Kier alpha value is -1.07. The summed E-state index contributed by atoms with van der Waals surface area (Å²) in [5, 5.41) is 3.33. The standard InChI is InChI=1S/C13H18BrN3O/c1-17-8-6-13(7-9-17,12(15)18)16-11-5-3-2-4-10(11)14/h2-5,16H,6-9H2,1H3,(H2,15,18). The molecule has 0 saturated carbocycles. The molecule has 0 radical (unpaired) electrons. The Morgan fingerprint density at radius 2 is 2.00 bits per heavy atom. The number of carbonyl (C=O) groups excluding carboxylic acids is 1. The SMILES string of the molecule is CN1CCC(Nc2ccccc2Br)(C(N)=O)CC1. The van der Waals surface area contributed by atoms with Crippen LogP contribution in [0.25, 0.3) is 0 Å². The monoisotopic (exact) mass is 311 g/mol. The van der Waals surface area contributed by atoms with Gasteiger partial charge in [0.05, 0.1) is 0 Å². The fourth-order valence-corrected chi connectivity index (χ4v) is 2.64. The second-order valence-corrected chi connectivity index (χ2v) is 5.71. The molecule has 0 spiro atoms. The third-order valence-corrected chi connectivity index (χ3v) is 4.25. The van der Waals surface area contributed by atoms with Crippen molar-refractivity contribution in [3.05, 3.63) is 28.7 Å². The van der Waals surface area contributed by atoms with Crippen LogP contribution >= 0.6 is 15.9 Å². The predicted octanol–water partition coefficient (Wildman–Crippen LogP) is 1.81. The van der Waals surface area contributed by atoms with Crippen molar-refractivity contribution in [3.63, 3.8) is 0 Å². The molecule has 1 aliphatic rings. The second-order valence-electron chi connectivity index (χ2n) is 4.85. The Balaban J connectivity index is 2.22. The maximum atomic E-state index is 11.8. The van der Waals surface area contributed by atoms with Gasteiger partial charge in [-0.2, -0.15) is 0 Å². The molecule has 0 atom stereocenters. The number of rotatable bonds is 3. The fraction of sp³-hybridized carbons (Fsp3) is 0.462. The minimum Gasteiger partial charge on any atom is -0.370 e. The third-order valence-electron chi connectivity index (χ3n) is 3.56. The molecule has 0 bridgehead atoms. The van der Waals surface area contributed by atoms with Gasteiger partial charge in [-0.1, -0.05) is 12.1 Å². The topological polar surface area (TPSA) is 58.4 Å². The van der Waals surface area contributed by atoms with E-state index in [0.717, 1.165) is 36.1 Å². The molecule has 3 N–H and O–H groups in total. The summed E-state index contributed by atoms with van der Waals surface area (Å²) in [6, 6.07) is 7.79. The molecule has 1 aromatic rings. The van der Waals surface area contributed by atoms with Crippen LogP contribution in [0.1, 0.15) is 12.8 Å². The van der Waals surface area contributed by atoms with E-state index in [4.69, 9.17) is 5.73 Å². The van der Waals surface area contributed by atoms with Crippen LogP contribution in [0.15, 0.2) is 28.7 Å². The van der Waals surface area contributed by atoms with Crippen LogP contribution in [-0.4, -0.2) is 36.5 Å². The predicted molar refractivity (Wildman–Crippen MR) is 76.4 cm³/mol. The molecule has 1 fully saturated rings. The van der Waals surface area contributed by atoms with Crippen molar-refractivity contribution in [1.82, 2.24) is 4.90 Å². The summed E-state index contributed by atoms with van der Waals surface area (Å²) in [6.45, 7) is 1.75. The number of likely N-dealkylation sites (tertiary alicyclic amines) is 1. The summed E-state index contributed by atoms with van der Waals surface area (Å²) in [5.41, 5.74) is 5.90. The zero-order valence-electron chi connectivity index (χ0n) is 10.4. The number of carbonyl (C=O) groups is 1. The summed E-state index contributed by atoms with van der Waals surface area (Å²) in [5.74, 6) is -0.272. The average molecular weight is 312 g/mol. The van der Waals surface area contributed by atoms with Crippen LogP contribution < -0.4 is 11.1 Å². The molecule has 18 heavy (non-hydrogen) atoms. The first kappa shape index (κ1) is 13.4. The zero-order valence-corrected chi connectivity index (χ0v) is 12.0. The summed E-state index contributed by atoms with van der Waals surface area (Å²) in [7, 11) is 2.06. The Morgan fingerprint density at radius 1 is 1.39 bits per heavy atom. The van der Waals surface area contributed by atoms with Gasteiger partial charge in [0.1, 0.15) is 5.54 Å². The van der Waals surface area contributed by atoms with E-state index >= 15 is 0 Å². The maximum absolute atomic E-state index is 11.8. The van der Waals surface area contributed by atoms with Gasteiger partial charge in [0.15, 0.2) is 0 Å². The number of benzene rings is 1. The molecule has 4 nitrogen and oxygen atoms in total. The van der Waals surface area contributed by atoms with Gasteiger partial charge in [-0.3, -0.25) is 4.79 Å². The van der Waals surface area contributed by atoms with E-state index in [1.165, 1.54) is 0 Å². The Labute approximate surface area is 116 Å². The Morgan fingerprint density at radius 3 is 2.56 bits per heavy atom. The smallest absolute Gasteiger partial charge is 0.243 e. The summed E-state index contributed by atoms with van der Waals surface area (Å²) < 4.78 is 0.949. The molecular formula is C13H18BrN3O. The van der Waals surface area contributed by atoms with Crippen molar-refractivity contribution in [2.75, 3.05) is 25.5 Å². The molecule has 98 valence electrons. The molecule has 1 heterocycles. The van der Waals surface area contributed by atoms with Gasteiger partial charge < -0.3 is 16.0 Å². The summed E-state index contributed by atoms with van der Waals surface area (Å²) >= 11 is 3.48. The van der Waals surface area contributed by atoms with E-state index in [1.54, 1.807) is 0 Å². The first-order valence-electron chi connectivity index (χ1n) is 6.05. The van der Waals surface area contributed by atoms with Gasteiger partial charge in [-0.05, 0) is 48.0 Å². The van der Waals surface area contributed by atoms with E-state index in [2.05, 4.69) is 33.2 Å². The zero-order chi connectivity index (χ0) is 13.2. The molecule has 1 saturated heterocycles. The lowest BCUT2D eigenvalue weighted by Crippen LogP contribution is -2.56. The summed E-state index contributed by atoms with van der Waals surface area (Å²) in [6.07, 6.45) is 1.47. The van der Waals surface area contributed by atoms with Gasteiger partial charge >= 0.3 is 0 Å². The van der Waals surface area contributed by atoms with E-state index in [9.17, 15) is 4.79 Å². The number of anilines is 1. The van der Waals surface area contributed by atoms with E-state index in [0.29, 0.717) is 0 Å². The molecule has 1 amide bonds. The highest BCUT2D eigenvalue weighted by molar-refractivity contribution is 9.10. The van der Waals surface area contributed by atoms with Crippen molar-refractivity contribution >= 4 is 27.5 Å². The lowest BCUT2D eigenvalue weighted by Gasteiger charge is -2.39. The van der Waals surface area contributed by atoms with Gasteiger partial charge in [-0.15, -0.1) is 0 Å². The fourth-order valence-electron chi connectivity index (χ4n) is 2.25. The minimum atomic E-state index is -0.629.